The van der Waals surface area contributed by atoms with Crippen LogP contribution < -0.4 is 9.62 Å². The van der Waals surface area contributed by atoms with Crippen LogP contribution in [0.15, 0.2) is 114 Å². The van der Waals surface area contributed by atoms with Crippen molar-refractivity contribution in [2.75, 3.05) is 10.8 Å². The van der Waals surface area contributed by atoms with E-state index < -0.39 is 34.3 Å². The lowest BCUT2D eigenvalue weighted by atomic mass is 10.0. The zero-order valence-electron chi connectivity index (χ0n) is 24.6. The van der Waals surface area contributed by atoms with E-state index in [4.69, 9.17) is 11.6 Å². The van der Waals surface area contributed by atoms with Gasteiger partial charge in [0.2, 0.25) is 11.8 Å². The molecule has 0 aliphatic heterocycles. The predicted octanol–water partition coefficient (Wildman–Crippen LogP) is 6.23. The lowest BCUT2D eigenvalue weighted by Gasteiger charge is -2.34. The number of carbonyl (C=O) groups excluding carboxylic acids is 2. The molecule has 4 aromatic carbocycles. The molecule has 0 radical (unpaired) electrons. The van der Waals surface area contributed by atoms with E-state index in [1.807, 2.05) is 74.5 Å². The molecule has 44 heavy (non-hydrogen) atoms. The Morgan fingerprint density at radius 1 is 0.864 bits per heavy atom. The maximum absolute atomic E-state index is 14.4. The molecular weight excluding hydrogens is 601 g/mol. The molecule has 4 aromatic rings. The number of rotatable bonds is 13. The molecule has 0 saturated heterocycles. The molecular formula is C34H35ClFN3O4S. The monoisotopic (exact) mass is 635 g/mol. The smallest absolute Gasteiger partial charge is 0.264 e. The van der Waals surface area contributed by atoms with Gasteiger partial charge in [-0.05, 0) is 54.8 Å². The average Bonchev–Trinajstić information content (AvgIpc) is 3.04. The predicted molar refractivity (Wildman–Crippen MR) is 171 cm³/mol. The minimum atomic E-state index is -4.31. The number of nitrogens with zero attached hydrogens (tertiary/aromatic N) is 2. The molecule has 0 unspecified atom stereocenters. The van der Waals surface area contributed by atoms with Crippen LogP contribution in [0.1, 0.15) is 31.4 Å². The first-order valence-corrected chi connectivity index (χ1v) is 16.1. The summed E-state index contributed by atoms with van der Waals surface area (Å²) in [4.78, 5) is 29.6. The van der Waals surface area contributed by atoms with Gasteiger partial charge in [-0.2, -0.15) is 0 Å². The number of nitrogens with one attached hydrogen (secondary N) is 1. The second kappa shape index (κ2) is 15.0. The Balaban J connectivity index is 1.80. The van der Waals surface area contributed by atoms with Crippen LogP contribution in [0.5, 0.6) is 0 Å². The molecule has 0 aromatic heterocycles. The Labute approximate surface area is 263 Å². The van der Waals surface area contributed by atoms with Gasteiger partial charge < -0.3 is 10.2 Å². The van der Waals surface area contributed by atoms with Gasteiger partial charge in [0, 0.05) is 19.0 Å². The summed E-state index contributed by atoms with van der Waals surface area (Å²) in [6.07, 6.45) is 0.889. The first-order chi connectivity index (χ1) is 21.1. The van der Waals surface area contributed by atoms with Gasteiger partial charge >= 0.3 is 0 Å². The van der Waals surface area contributed by atoms with Gasteiger partial charge in [0.15, 0.2) is 0 Å². The van der Waals surface area contributed by atoms with Crippen molar-refractivity contribution in [3.63, 3.8) is 0 Å². The first-order valence-electron chi connectivity index (χ1n) is 14.3. The Hall–Kier alpha value is -4.21. The number of hydrogen-bond acceptors (Lipinski definition) is 4. The largest absolute Gasteiger partial charge is 0.352 e. The number of anilines is 1. The van der Waals surface area contributed by atoms with Crippen molar-refractivity contribution in [1.82, 2.24) is 10.2 Å². The lowest BCUT2D eigenvalue weighted by molar-refractivity contribution is -0.140. The van der Waals surface area contributed by atoms with Crippen molar-refractivity contribution in [3.05, 3.63) is 131 Å². The minimum absolute atomic E-state index is 0.0110. The number of benzene rings is 4. The van der Waals surface area contributed by atoms with Gasteiger partial charge in [-0.1, -0.05) is 97.4 Å². The normalized spacial score (nSPS) is 12.6. The third-order valence-corrected chi connectivity index (χ3v) is 9.35. The number of amides is 2. The van der Waals surface area contributed by atoms with Crippen molar-refractivity contribution in [2.24, 2.45) is 0 Å². The molecule has 7 nitrogen and oxygen atoms in total. The van der Waals surface area contributed by atoms with E-state index in [0.29, 0.717) is 6.42 Å². The molecule has 0 aliphatic rings. The minimum Gasteiger partial charge on any atom is -0.352 e. The van der Waals surface area contributed by atoms with Crippen molar-refractivity contribution in [3.8, 4) is 0 Å². The highest BCUT2D eigenvalue weighted by Gasteiger charge is 2.35. The second-order valence-corrected chi connectivity index (χ2v) is 12.7. The molecule has 0 heterocycles. The van der Waals surface area contributed by atoms with Gasteiger partial charge in [-0.25, -0.2) is 12.8 Å². The number of hydrogen-bond donors (Lipinski definition) is 1. The van der Waals surface area contributed by atoms with E-state index >= 15 is 0 Å². The van der Waals surface area contributed by atoms with Crippen LogP contribution in [-0.4, -0.2) is 43.8 Å². The summed E-state index contributed by atoms with van der Waals surface area (Å²) in [6.45, 7) is 3.22. The Morgan fingerprint density at radius 3 is 2.00 bits per heavy atom. The number of carbonyl (C=O) groups is 2. The van der Waals surface area contributed by atoms with Crippen LogP contribution in [0.3, 0.4) is 0 Å². The summed E-state index contributed by atoms with van der Waals surface area (Å²) in [5, 5.41) is 2.71. The summed E-state index contributed by atoms with van der Waals surface area (Å²) >= 11 is 6.06. The Morgan fingerprint density at radius 2 is 1.43 bits per heavy atom. The van der Waals surface area contributed by atoms with Crippen LogP contribution in [0.2, 0.25) is 5.02 Å². The third kappa shape index (κ3) is 8.24. The molecule has 0 fully saturated rings. The molecule has 2 amide bonds. The van der Waals surface area contributed by atoms with Gasteiger partial charge in [-0.15, -0.1) is 0 Å². The topological polar surface area (TPSA) is 86.8 Å². The van der Waals surface area contributed by atoms with E-state index in [1.54, 1.807) is 18.2 Å². The Kier molecular flexibility index (Phi) is 11.1. The van der Waals surface area contributed by atoms with Crippen LogP contribution >= 0.6 is 11.6 Å². The highest BCUT2D eigenvalue weighted by Crippen LogP contribution is 2.28. The quantitative estimate of drug-likeness (QED) is 0.189. The number of halogens is 2. The number of sulfonamides is 1. The van der Waals surface area contributed by atoms with E-state index in [-0.39, 0.29) is 40.5 Å². The molecule has 0 bridgehead atoms. The lowest BCUT2D eigenvalue weighted by Crippen LogP contribution is -2.54. The molecule has 1 N–H and O–H groups in total. The standard InChI is InChI=1S/C34H35ClFN3O4S/c1-3-25(2)37-34(41)32(21-26-13-7-4-8-14-26)38(23-27-15-9-5-10-16-27)33(40)24-39(28-19-20-31(36)30(35)22-28)44(42,43)29-17-11-6-12-18-29/h4-20,22,25,32H,3,21,23-24H2,1-2H3,(H,37,41)/t25-,32+/m1/s1. The van der Waals surface area contributed by atoms with Gasteiger partial charge in [0.05, 0.1) is 15.6 Å². The van der Waals surface area contributed by atoms with Crippen molar-refractivity contribution >= 4 is 39.1 Å². The molecule has 0 spiro atoms. The summed E-state index contributed by atoms with van der Waals surface area (Å²) < 4.78 is 43.0. The maximum atomic E-state index is 14.4. The highest BCUT2D eigenvalue weighted by molar-refractivity contribution is 7.92. The van der Waals surface area contributed by atoms with E-state index in [0.717, 1.165) is 21.5 Å². The Bertz CT molecular complexity index is 1660. The van der Waals surface area contributed by atoms with E-state index in [9.17, 15) is 22.4 Å². The zero-order valence-corrected chi connectivity index (χ0v) is 26.1. The summed E-state index contributed by atoms with van der Waals surface area (Å²) in [6, 6.07) is 28.5. The SMILES string of the molecule is CC[C@@H](C)NC(=O)[C@H](Cc1ccccc1)N(Cc1ccccc1)C(=O)CN(c1ccc(F)c(Cl)c1)S(=O)(=O)c1ccccc1. The van der Waals surface area contributed by atoms with Crippen molar-refractivity contribution in [2.45, 2.75) is 50.2 Å². The van der Waals surface area contributed by atoms with Crippen LogP contribution in [0.25, 0.3) is 0 Å². The summed E-state index contributed by atoms with van der Waals surface area (Å²) in [5.41, 5.74) is 1.61. The average molecular weight is 636 g/mol. The van der Waals surface area contributed by atoms with E-state index in [1.165, 1.54) is 29.2 Å². The van der Waals surface area contributed by atoms with E-state index in [2.05, 4.69) is 5.32 Å². The molecule has 230 valence electrons. The molecule has 4 rings (SSSR count). The fourth-order valence-electron chi connectivity index (χ4n) is 4.66. The third-order valence-electron chi connectivity index (χ3n) is 7.27. The highest BCUT2D eigenvalue weighted by atomic mass is 35.5. The van der Waals surface area contributed by atoms with Crippen LogP contribution in [-0.2, 0) is 32.6 Å². The van der Waals surface area contributed by atoms with Crippen LogP contribution in [0, 0.1) is 5.82 Å². The van der Waals surface area contributed by atoms with Crippen molar-refractivity contribution in [1.29, 1.82) is 0 Å². The summed E-state index contributed by atoms with van der Waals surface area (Å²) in [5.74, 6) is -1.70. The van der Waals surface area contributed by atoms with Gasteiger partial charge in [0.1, 0.15) is 18.4 Å². The molecule has 0 aliphatic carbocycles. The fraction of sp³-hybridized carbons (Fsp3) is 0.235. The molecule has 10 heteroatoms. The summed E-state index contributed by atoms with van der Waals surface area (Å²) in [7, 11) is -4.31. The van der Waals surface area contributed by atoms with Gasteiger partial charge in [0.25, 0.3) is 10.0 Å². The molecule has 2 atom stereocenters. The second-order valence-electron chi connectivity index (χ2n) is 10.5. The first kappa shape index (κ1) is 32.7. The maximum Gasteiger partial charge on any atom is 0.264 e. The fourth-order valence-corrected chi connectivity index (χ4v) is 6.27. The van der Waals surface area contributed by atoms with Crippen LogP contribution in [0.4, 0.5) is 10.1 Å². The van der Waals surface area contributed by atoms with Gasteiger partial charge in [-0.3, -0.25) is 13.9 Å². The zero-order chi connectivity index (χ0) is 31.7. The molecule has 0 saturated carbocycles. The van der Waals surface area contributed by atoms with Crippen molar-refractivity contribution < 1.29 is 22.4 Å².